The molecule has 1 aromatic rings. The molecule has 0 amide bonds. The fraction of sp³-hybridized carbons (Fsp3) is 0.545. The van der Waals surface area contributed by atoms with Gasteiger partial charge in [-0.2, -0.15) is 0 Å². The fourth-order valence-corrected chi connectivity index (χ4v) is 1.34. The van der Waals surface area contributed by atoms with Gasteiger partial charge in [-0.25, -0.2) is 0 Å². The first-order valence-electron chi connectivity index (χ1n) is 5.11. The molecule has 0 aliphatic heterocycles. The van der Waals surface area contributed by atoms with E-state index in [0.29, 0.717) is 12.6 Å². The summed E-state index contributed by atoms with van der Waals surface area (Å²) < 4.78 is 6.99. The number of rotatable bonds is 6. The molecule has 1 aromatic heterocycles. The molecule has 0 aliphatic rings. The second-order valence-electron chi connectivity index (χ2n) is 3.58. The number of pyridine rings is 1. The predicted octanol–water partition coefficient (Wildman–Crippen LogP) is 0.473. The lowest BCUT2D eigenvalue weighted by atomic mass is 10.3. The summed E-state index contributed by atoms with van der Waals surface area (Å²) in [6.45, 7) is 4.51. The topological polar surface area (TPSA) is 43.3 Å². The first-order valence-corrected chi connectivity index (χ1v) is 5.11. The second kappa shape index (κ2) is 6.37. The highest BCUT2D eigenvalue weighted by Gasteiger charge is 1.98. The fourth-order valence-electron chi connectivity index (χ4n) is 1.34. The van der Waals surface area contributed by atoms with Crippen LogP contribution in [0.4, 0.5) is 0 Å². The van der Waals surface area contributed by atoms with Gasteiger partial charge in [-0.15, -0.1) is 0 Å². The van der Waals surface area contributed by atoms with Crippen molar-refractivity contribution in [1.29, 1.82) is 0 Å². The zero-order valence-electron chi connectivity index (χ0n) is 9.27. The molecule has 0 radical (unpaired) electrons. The quantitative estimate of drug-likeness (QED) is 0.742. The van der Waals surface area contributed by atoms with E-state index in [1.165, 1.54) is 0 Å². The molecule has 1 rings (SSSR count). The number of nitrogens with zero attached hydrogens (tertiary/aromatic N) is 1. The van der Waals surface area contributed by atoms with Gasteiger partial charge in [0, 0.05) is 50.8 Å². The Morgan fingerprint density at radius 3 is 2.73 bits per heavy atom. The summed E-state index contributed by atoms with van der Waals surface area (Å²) >= 11 is 0. The average molecular weight is 210 g/mol. The van der Waals surface area contributed by atoms with Crippen LogP contribution in [0.5, 0.6) is 0 Å². The van der Waals surface area contributed by atoms with Crippen molar-refractivity contribution in [3.63, 3.8) is 0 Å². The Hall–Kier alpha value is -1.13. The molecule has 0 fully saturated rings. The van der Waals surface area contributed by atoms with Crippen LogP contribution in [0, 0.1) is 0 Å². The summed E-state index contributed by atoms with van der Waals surface area (Å²) in [6, 6.07) is 3.49. The lowest BCUT2D eigenvalue weighted by Crippen LogP contribution is -2.32. The molecule has 0 spiro atoms. The highest BCUT2D eigenvalue weighted by Crippen LogP contribution is 1.85. The molecule has 0 saturated carbocycles. The zero-order valence-corrected chi connectivity index (χ0v) is 9.27. The summed E-state index contributed by atoms with van der Waals surface area (Å²) in [4.78, 5) is 10.8. The summed E-state index contributed by atoms with van der Waals surface area (Å²) in [7, 11) is 1.69. The molecular formula is C11H18N2O2. The minimum Gasteiger partial charge on any atom is -0.383 e. The van der Waals surface area contributed by atoms with E-state index in [1.807, 2.05) is 4.57 Å². The maximum Gasteiger partial charge on any atom is 0.181 e. The monoisotopic (exact) mass is 210 g/mol. The summed E-state index contributed by atoms with van der Waals surface area (Å²) in [5.41, 5.74) is 0.0481. The van der Waals surface area contributed by atoms with Crippen molar-refractivity contribution in [3.8, 4) is 0 Å². The van der Waals surface area contributed by atoms with Crippen LogP contribution >= 0.6 is 0 Å². The maximum atomic E-state index is 10.8. The van der Waals surface area contributed by atoms with Gasteiger partial charge in [0.2, 0.25) is 0 Å². The first kappa shape index (κ1) is 11.9. The van der Waals surface area contributed by atoms with Crippen LogP contribution in [-0.2, 0) is 11.3 Å². The number of methoxy groups -OCH3 is 1. The number of nitrogens with one attached hydrogen (secondary N) is 1. The molecule has 84 valence electrons. The van der Waals surface area contributed by atoms with Crippen molar-refractivity contribution in [1.82, 2.24) is 9.88 Å². The van der Waals surface area contributed by atoms with E-state index in [9.17, 15) is 4.79 Å². The van der Waals surface area contributed by atoms with E-state index >= 15 is 0 Å². The second-order valence-corrected chi connectivity index (χ2v) is 3.58. The highest BCUT2D eigenvalue weighted by atomic mass is 16.5. The van der Waals surface area contributed by atoms with Gasteiger partial charge >= 0.3 is 0 Å². The van der Waals surface area contributed by atoms with Gasteiger partial charge in [0.25, 0.3) is 0 Å². The number of aromatic nitrogens is 1. The number of hydrogen-bond acceptors (Lipinski definition) is 3. The molecule has 1 heterocycles. The third-order valence-corrected chi connectivity index (χ3v) is 2.14. The molecule has 0 bridgehead atoms. The normalized spacial score (nSPS) is 12.7. The number of hydrogen-bond donors (Lipinski definition) is 1. The van der Waals surface area contributed by atoms with Gasteiger partial charge in [0.15, 0.2) is 5.43 Å². The van der Waals surface area contributed by atoms with E-state index in [4.69, 9.17) is 4.74 Å². The van der Waals surface area contributed by atoms with E-state index in [1.54, 1.807) is 31.6 Å². The first-order chi connectivity index (χ1) is 7.22. The molecule has 1 unspecified atom stereocenters. The maximum absolute atomic E-state index is 10.8. The van der Waals surface area contributed by atoms with E-state index in [2.05, 4.69) is 12.2 Å². The molecule has 15 heavy (non-hydrogen) atoms. The molecule has 1 N–H and O–H groups in total. The van der Waals surface area contributed by atoms with Crippen LogP contribution in [-0.4, -0.2) is 30.9 Å². The third-order valence-electron chi connectivity index (χ3n) is 2.14. The van der Waals surface area contributed by atoms with Crippen molar-refractivity contribution in [3.05, 3.63) is 34.7 Å². The third kappa shape index (κ3) is 4.76. The van der Waals surface area contributed by atoms with Gasteiger partial charge in [-0.1, -0.05) is 0 Å². The molecular weight excluding hydrogens is 192 g/mol. The molecule has 4 nitrogen and oxygen atoms in total. The van der Waals surface area contributed by atoms with Crippen molar-refractivity contribution in [2.45, 2.75) is 19.5 Å². The standard InChI is InChI=1S/C11H18N2O2/c1-10(9-15-2)12-5-8-13-6-3-11(14)4-7-13/h3-4,6-7,10,12H,5,8-9H2,1-2H3. The Kier molecular flexibility index (Phi) is 5.07. The molecule has 0 aliphatic carbocycles. The Morgan fingerprint density at radius 2 is 2.13 bits per heavy atom. The van der Waals surface area contributed by atoms with E-state index < -0.39 is 0 Å². The Morgan fingerprint density at radius 1 is 1.47 bits per heavy atom. The Balaban J connectivity index is 2.25. The van der Waals surface area contributed by atoms with Gasteiger partial charge in [0.1, 0.15) is 0 Å². The zero-order chi connectivity index (χ0) is 11.1. The van der Waals surface area contributed by atoms with Gasteiger partial charge in [-0.3, -0.25) is 4.79 Å². The lowest BCUT2D eigenvalue weighted by molar-refractivity contribution is 0.172. The number of ether oxygens (including phenoxy) is 1. The largest absolute Gasteiger partial charge is 0.383 e. The van der Waals surface area contributed by atoms with Crippen LogP contribution in [0.3, 0.4) is 0 Å². The minimum absolute atomic E-state index is 0.0481. The Bertz CT molecular complexity index is 315. The smallest absolute Gasteiger partial charge is 0.181 e. The van der Waals surface area contributed by atoms with E-state index in [-0.39, 0.29) is 5.43 Å². The van der Waals surface area contributed by atoms with Gasteiger partial charge < -0.3 is 14.6 Å². The van der Waals surface area contributed by atoms with Crippen LogP contribution in [0.1, 0.15) is 6.92 Å². The Labute approximate surface area is 89.9 Å². The summed E-state index contributed by atoms with van der Waals surface area (Å²) in [5.74, 6) is 0. The van der Waals surface area contributed by atoms with Crippen molar-refractivity contribution < 1.29 is 4.74 Å². The minimum atomic E-state index is 0.0481. The molecule has 0 aromatic carbocycles. The van der Waals surface area contributed by atoms with Crippen LogP contribution in [0.15, 0.2) is 29.3 Å². The van der Waals surface area contributed by atoms with Gasteiger partial charge in [0.05, 0.1) is 6.61 Å². The highest BCUT2D eigenvalue weighted by molar-refractivity contribution is 4.93. The van der Waals surface area contributed by atoms with Crippen LogP contribution in [0.25, 0.3) is 0 Å². The average Bonchev–Trinajstić information content (AvgIpc) is 2.21. The van der Waals surface area contributed by atoms with Crippen molar-refractivity contribution in [2.75, 3.05) is 20.3 Å². The molecule has 0 saturated heterocycles. The van der Waals surface area contributed by atoms with Crippen LogP contribution in [0.2, 0.25) is 0 Å². The summed E-state index contributed by atoms with van der Waals surface area (Å²) in [6.07, 6.45) is 3.59. The molecule has 4 heteroatoms. The predicted molar refractivity (Wildman–Crippen MR) is 60.0 cm³/mol. The molecule has 1 atom stereocenters. The van der Waals surface area contributed by atoms with E-state index in [0.717, 1.165) is 13.1 Å². The van der Waals surface area contributed by atoms with Gasteiger partial charge in [-0.05, 0) is 6.92 Å². The lowest BCUT2D eigenvalue weighted by Gasteiger charge is -2.13. The SMILES string of the molecule is COCC(C)NCCn1ccc(=O)cc1. The van der Waals surface area contributed by atoms with Crippen LogP contribution < -0.4 is 10.7 Å². The van der Waals surface area contributed by atoms with Crippen molar-refractivity contribution in [2.24, 2.45) is 0 Å². The van der Waals surface area contributed by atoms with Crippen molar-refractivity contribution >= 4 is 0 Å². The summed E-state index contributed by atoms with van der Waals surface area (Å²) in [5, 5.41) is 3.32.